The summed E-state index contributed by atoms with van der Waals surface area (Å²) < 4.78 is 7.21. The van der Waals surface area contributed by atoms with Crippen molar-refractivity contribution in [3.63, 3.8) is 0 Å². The van der Waals surface area contributed by atoms with Crippen LogP contribution in [0.15, 0.2) is 66.7 Å². The number of fused-ring (bicyclic) bond motifs is 2. The molecule has 0 aliphatic heterocycles. The number of ether oxygens (including phenoxy) is 1. The SMILES string of the molecule is [C-]#[N+]c1ccc2cc(C(=O)OCC)n(Cc3cccc4ccccc34)c2c1. The summed E-state index contributed by atoms with van der Waals surface area (Å²) in [5.74, 6) is -0.349. The Kier molecular flexibility index (Phi) is 4.35. The second-order valence-corrected chi connectivity index (χ2v) is 6.33. The summed E-state index contributed by atoms with van der Waals surface area (Å²) in [6.45, 7) is 9.95. The van der Waals surface area contributed by atoms with Gasteiger partial charge < -0.3 is 9.30 Å². The van der Waals surface area contributed by atoms with Crippen LogP contribution in [-0.2, 0) is 11.3 Å². The molecule has 0 spiro atoms. The van der Waals surface area contributed by atoms with E-state index in [9.17, 15) is 4.79 Å². The van der Waals surface area contributed by atoms with Gasteiger partial charge in [0.05, 0.1) is 13.2 Å². The van der Waals surface area contributed by atoms with E-state index in [2.05, 4.69) is 29.1 Å². The predicted octanol–water partition coefficient (Wildman–Crippen LogP) is 5.57. The molecule has 4 rings (SSSR count). The van der Waals surface area contributed by atoms with E-state index in [0.717, 1.165) is 27.2 Å². The zero-order valence-electron chi connectivity index (χ0n) is 15.0. The minimum atomic E-state index is -0.349. The first kappa shape index (κ1) is 16.9. The Balaban J connectivity index is 1.91. The highest BCUT2D eigenvalue weighted by atomic mass is 16.5. The van der Waals surface area contributed by atoms with Gasteiger partial charge in [0, 0.05) is 12.1 Å². The Labute approximate surface area is 157 Å². The molecule has 27 heavy (non-hydrogen) atoms. The van der Waals surface area contributed by atoms with Crippen molar-refractivity contribution in [3.05, 3.63) is 89.4 Å². The molecule has 0 saturated heterocycles. The summed E-state index contributed by atoms with van der Waals surface area (Å²) in [6, 6.07) is 21.7. The van der Waals surface area contributed by atoms with Crippen molar-refractivity contribution >= 4 is 33.3 Å². The van der Waals surface area contributed by atoms with Crippen molar-refractivity contribution in [3.8, 4) is 0 Å². The summed E-state index contributed by atoms with van der Waals surface area (Å²) in [5.41, 5.74) is 3.03. The Bertz CT molecular complexity index is 1190. The summed E-state index contributed by atoms with van der Waals surface area (Å²) in [5, 5.41) is 3.23. The molecule has 1 aromatic heterocycles. The lowest BCUT2D eigenvalue weighted by Gasteiger charge is -2.13. The van der Waals surface area contributed by atoms with Crippen LogP contribution >= 0.6 is 0 Å². The fourth-order valence-electron chi connectivity index (χ4n) is 3.46. The normalized spacial score (nSPS) is 10.8. The van der Waals surface area contributed by atoms with Crippen molar-refractivity contribution in [2.75, 3.05) is 6.61 Å². The fraction of sp³-hybridized carbons (Fsp3) is 0.130. The van der Waals surface area contributed by atoms with Gasteiger partial charge in [0.1, 0.15) is 5.69 Å². The van der Waals surface area contributed by atoms with E-state index < -0.39 is 0 Å². The van der Waals surface area contributed by atoms with E-state index in [0.29, 0.717) is 24.5 Å². The molecule has 0 unspecified atom stereocenters. The largest absolute Gasteiger partial charge is 0.461 e. The third-order valence-corrected chi connectivity index (χ3v) is 4.71. The lowest BCUT2D eigenvalue weighted by Crippen LogP contribution is -2.13. The van der Waals surface area contributed by atoms with Gasteiger partial charge >= 0.3 is 5.97 Å². The minimum Gasteiger partial charge on any atom is -0.461 e. The van der Waals surface area contributed by atoms with Crippen LogP contribution in [0.1, 0.15) is 23.0 Å². The molecule has 0 aliphatic carbocycles. The molecule has 0 saturated carbocycles. The highest BCUT2D eigenvalue weighted by Gasteiger charge is 2.18. The number of aromatic nitrogens is 1. The summed E-state index contributed by atoms with van der Waals surface area (Å²) in [7, 11) is 0. The van der Waals surface area contributed by atoms with Gasteiger partial charge in [-0.05, 0) is 40.8 Å². The molecule has 3 aromatic carbocycles. The molecule has 4 heteroatoms. The van der Waals surface area contributed by atoms with E-state index in [-0.39, 0.29) is 5.97 Å². The molecular weight excluding hydrogens is 336 g/mol. The lowest BCUT2D eigenvalue weighted by atomic mass is 10.0. The van der Waals surface area contributed by atoms with E-state index >= 15 is 0 Å². The molecule has 0 fully saturated rings. The highest BCUT2D eigenvalue weighted by molar-refractivity contribution is 5.97. The molecule has 0 N–H and O–H groups in total. The average molecular weight is 354 g/mol. The number of rotatable bonds is 4. The molecular formula is C23H18N2O2. The van der Waals surface area contributed by atoms with Crippen LogP contribution in [0, 0.1) is 6.57 Å². The smallest absolute Gasteiger partial charge is 0.354 e. The summed E-state index contributed by atoms with van der Waals surface area (Å²) in [4.78, 5) is 16.1. The van der Waals surface area contributed by atoms with E-state index in [4.69, 9.17) is 11.3 Å². The first-order chi connectivity index (χ1) is 13.2. The number of nitrogens with zero attached hydrogens (tertiary/aromatic N) is 2. The van der Waals surface area contributed by atoms with Crippen molar-refractivity contribution in [1.29, 1.82) is 0 Å². The lowest BCUT2D eigenvalue weighted by molar-refractivity contribution is 0.0515. The van der Waals surface area contributed by atoms with Crippen LogP contribution in [0.3, 0.4) is 0 Å². The summed E-state index contributed by atoms with van der Waals surface area (Å²) >= 11 is 0. The van der Waals surface area contributed by atoms with Gasteiger partial charge in [-0.25, -0.2) is 9.64 Å². The number of benzene rings is 3. The molecule has 0 amide bonds. The first-order valence-corrected chi connectivity index (χ1v) is 8.85. The number of hydrogen-bond donors (Lipinski definition) is 0. The monoisotopic (exact) mass is 354 g/mol. The maximum Gasteiger partial charge on any atom is 0.354 e. The van der Waals surface area contributed by atoms with Crippen molar-refractivity contribution < 1.29 is 9.53 Å². The quantitative estimate of drug-likeness (QED) is 0.355. The second kappa shape index (κ2) is 6.97. The van der Waals surface area contributed by atoms with Crippen LogP contribution in [0.5, 0.6) is 0 Å². The number of esters is 1. The predicted molar refractivity (Wildman–Crippen MR) is 107 cm³/mol. The third kappa shape index (κ3) is 3.04. The van der Waals surface area contributed by atoms with Gasteiger partial charge in [-0.15, -0.1) is 0 Å². The van der Waals surface area contributed by atoms with Gasteiger partial charge in [0.25, 0.3) is 0 Å². The van der Waals surface area contributed by atoms with Crippen molar-refractivity contribution in [2.24, 2.45) is 0 Å². The Hall–Kier alpha value is -3.58. The molecule has 132 valence electrons. The van der Waals surface area contributed by atoms with Gasteiger partial charge in [0.2, 0.25) is 0 Å². The zero-order valence-corrected chi connectivity index (χ0v) is 15.0. The van der Waals surface area contributed by atoms with E-state index in [1.54, 1.807) is 13.0 Å². The minimum absolute atomic E-state index is 0.321. The second-order valence-electron chi connectivity index (χ2n) is 6.33. The van der Waals surface area contributed by atoms with Gasteiger partial charge in [-0.3, -0.25) is 0 Å². The molecule has 1 heterocycles. The Morgan fingerprint density at radius 3 is 2.67 bits per heavy atom. The average Bonchev–Trinajstić information content (AvgIpc) is 3.06. The fourth-order valence-corrected chi connectivity index (χ4v) is 3.46. The Morgan fingerprint density at radius 1 is 1.04 bits per heavy atom. The standard InChI is InChI=1S/C23H18N2O2/c1-3-27-23(26)22-13-17-11-12-19(24-2)14-21(17)25(22)15-18-9-6-8-16-7-4-5-10-20(16)18/h4-14H,3,15H2,1H3. The van der Waals surface area contributed by atoms with Gasteiger partial charge in [-0.1, -0.05) is 54.6 Å². The zero-order chi connectivity index (χ0) is 18.8. The maximum atomic E-state index is 12.5. The highest BCUT2D eigenvalue weighted by Crippen LogP contribution is 2.28. The van der Waals surface area contributed by atoms with Crippen molar-refractivity contribution in [1.82, 2.24) is 4.57 Å². The molecule has 4 nitrogen and oxygen atoms in total. The third-order valence-electron chi connectivity index (χ3n) is 4.71. The van der Waals surface area contributed by atoms with Crippen LogP contribution in [0.25, 0.3) is 26.5 Å². The number of carbonyl (C=O) groups is 1. The van der Waals surface area contributed by atoms with E-state index in [1.165, 1.54) is 0 Å². The Morgan fingerprint density at radius 2 is 1.85 bits per heavy atom. The number of carbonyl (C=O) groups excluding carboxylic acids is 1. The molecule has 0 bridgehead atoms. The van der Waals surface area contributed by atoms with E-state index in [1.807, 2.05) is 41.0 Å². The molecule has 0 aliphatic rings. The molecule has 4 aromatic rings. The van der Waals surface area contributed by atoms with Gasteiger partial charge in [0.15, 0.2) is 5.69 Å². The van der Waals surface area contributed by atoms with Gasteiger partial charge in [-0.2, -0.15) is 0 Å². The van der Waals surface area contributed by atoms with Crippen LogP contribution < -0.4 is 0 Å². The van der Waals surface area contributed by atoms with Crippen LogP contribution in [0.2, 0.25) is 0 Å². The van der Waals surface area contributed by atoms with Crippen LogP contribution in [-0.4, -0.2) is 17.1 Å². The molecule has 0 radical (unpaired) electrons. The number of hydrogen-bond acceptors (Lipinski definition) is 2. The topological polar surface area (TPSA) is 35.6 Å². The first-order valence-electron chi connectivity index (χ1n) is 8.85. The summed E-state index contributed by atoms with van der Waals surface area (Å²) in [6.07, 6.45) is 0. The molecule has 0 atom stereocenters. The van der Waals surface area contributed by atoms with Crippen molar-refractivity contribution in [2.45, 2.75) is 13.5 Å². The van der Waals surface area contributed by atoms with Crippen LogP contribution in [0.4, 0.5) is 5.69 Å². The maximum absolute atomic E-state index is 12.5.